The van der Waals surface area contributed by atoms with Crippen LogP contribution in [0.5, 0.6) is 5.75 Å². The summed E-state index contributed by atoms with van der Waals surface area (Å²) < 4.78 is 5.15. The topological polar surface area (TPSA) is 78.9 Å². The Labute approximate surface area is 129 Å². The minimum Gasteiger partial charge on any atom is -0.497 e. The van der Waals surface area contributed by atoms with Gasteiger partial charge in [0, 0.05) is 19.6 Å². The summed E-state index contributed by atoms with van der Waals surface area (Å²) in [5, 5.41) is 12.0. The van der Waals surface area contributed by atoms with Gasteiger partial charge in [-0.2, -0.15) is 0 Å². The van der Waals surface area contributed by atoms with Gasteiger partial charge in [0.15, 0.2) is 0 Å². The maximum Gasteiger partial charge on any atom is 0.322 e. The number of piperazine rings is 1. The van der Waals surface area contributed by atoms with Crippen LogP contribution in [0.4, 0.5) is 0 Å². The van der Waals surface area contributed by atoms with Crippen LogP contribution in [0.25, 0.3) is 0 Å². The van der Waals surface area contributed by atoms with Crippen LogP contribution in [0, 0.1) is 0 Å². The fraction of sp³-hybridized carbons (Fsp3) is 0.500. The molecule has 1 amide bonds. The molecule has 1 heterocycles. The van der Waals surface area contributed by atoms with Crippen molar-refractivity contribution in [3.05, 3.63) is 29.8 Å². The number of rotatable bonds is 4. The lowest BCUT2D eigenvalue weighted by Gasteiger charge is -2.34. The van der Waals surface area contributed by atoms with Crippen molar-refractivity contribution >= 4 is 11.9 Å². The molecule has 0 bridgehead atoms. The summed E-state index contributed by atoms with van der Waals surface area (Å²) in [6.07, 6.45) is 1.64. The van der Waals surface area contributed by atoms with Crippen molar-refractivity contribution in [1.29, 1.82) is 0 Å². The first-order valence-corrected chi connectivity index (χ1v) is 7.47. The van der Waals surface area contributed by atoms with Crippen LogP contribution < -0.4 is 10.1 Å². The summed E-state index contributed by atoms with van der Waals surface area (Å²) in [5.74, 6) is -0.0997. The second-order valence-corrected chi connectivity index (χ2v) is 5.91. The van der Waals surface area contributed by atoms with E-state index < -0.39 is 17.4 Å². The first-order chi connectivity index (χ1) is 10.6. The molecule has 6 nitrogen and oxygen atoms in total. The number of benzene rings is 1. The second kappa shape index (κ2) is 5.61. The number of carboxylic acids is 1. The highest BCUT2D eigenvalue weighted by atomic mass is 16.5. The standard InChI is InChI=1S/C16H20N2O4/c1-22-12-4-2-11(3-5-12)16(6-7-16)15(21)18-9-8-17-13(10-18)14(19)20/h2-5,13,17H,6-10H2,1H3,(H,19,20)/t13-/m0/s1. The van der Waals surface area contributed by atoms with Crippen LogP contribution in [0.3, 0.4) is 0 Å². The monoisotopic (exact) mass is 304 g/mol. The third-order valence-corrected chi connectivity index (χ3v) is 4.56. The van der Waals surface area contributed by atoms with Crippen LogP contribution in [-0.2, 0) is 15.0 Å². The molecule has 1 saturated carbocycles. The van der Waals surface area contributed by atoms with Gasteiger partial charge in [-0.05, 0) is 30.5 Å². The number of methoxy groups -OCH3 is 1. The number of hydrogen-bond donors (Lipinski definition) is 2. The van der Waals surface area contributed by atoms with E-state index in [1.165, 1.54) is 0 Å². The largest absolute Gasteiger partial charge is 0.497 e. The Morgan fingerprint density at radius 1 is 1.32 bits per heavy atom. The van der Waals surface area contributed by atoms with E-state index in [0.29, 0.717) is 13.1 Å². The average Bonchev–Trinajstić information content (AvgIpc) is 3.36. The lowest BCUT2D eigenvalue weighted by molar-refractivity contribution is -0.143. The Morgan fingerprint density at radius 3 is 2.55 bits per heavy atom. The molecule has 1 aliphatic heterocycles. The van der Waals surface area contributed by atoms with Gasteiger partial charge in [-0.1, -0.05) is 12.1 Å². The normalized spacial score (nSPS) is 23.0. The summed E-state index contributed by atoms with van der Waals surface area (Å²) in [6, 6.07) is 6.91. The van der Waals surface area contributed by atoms with Crippen molar-refractivity contribution in [2.24, 2.45) is 0 Å². The number of carbonyl (C=O) groups excluding carboxylic acids is 1. The molecule has 1 aliphatic carbocycles. The maximum atomic E-state index is 12.9. The molecule has 0 unspecified atom stereocenters. The minimum atomic E-state index is -0.910. The van der Waals surface area contributed by atoms with Crippen LogP contribution in [0.1, 0.15) is 18.4 Å². The average molecular weight is 304 g/mol. The number of carbonyl (C=O) groups is 2. The number of amides is 1. The molecule has 118 valence electrons. The summed E-state index contributed by atoms with van der Waals surface area (Å²) >= 11 is 0. The zero-order valence-electron chi connectivity index (χ0n) is 12.5. The number of nitrogens with zero attached hydrogens (tertiary/aromatic N) is 1. The molecule has 1 atom stereocenters. The molecule has 0 spiro atoms. The number of ether oxygens (including phenoxy) is 1. The minimum absolute atomic E-state index is 0.0467. The molecule has 22 heavy (non-hydrogen) atoms. The SMILES string of the molecule is COc1ccc(C2(C(=O)N3CCN[C@H](C(=O)O)C3)CC2)cc1. The molecule has 1 aromatic rings. The molecular weight excluding hydrogens is 284 g/mol. The Kier molecular flexibility index (Phi) is 3.78. The molecule has 2 aliphatic rings. The quantitative estimate of drug-likeness (QED) is 0.852. The van der Waals surface area contributed by atoms with E-state index in [-0.39, 0.29) is 12.5 Å². The van der Waals surface area contributed by atoms with Gasteiger partial charge in [0.25, 0.3) is 0 Å². The van der Waals surface area contributed by atoms with E-state index in [0.717, 1.165) is 24.2 Å². The van der Waals surface area contributed by atoms with Gasteiger partial charge in [-0.3, -0.25) is 9.59 Å². The Bertz CT molecular complexity index is 580. The maximum absolute atomic E-state index is 12.9. The smallest absolute Gasteiger partial charge is 0.322 e. The molecule has 1 saturated heterocycles. The fourth-order valence-corrected chi connectivity index (χ4v) is 3.06. The highest BCUT2D eigenvalue weighted by Gasteiger charge is 2.53. The third kappa shape index (κ3) is 2.54. The molecule has 6 heteroatoms. The van der Waals surface area contributed by atoms with E-state index in [4.69, 9.17) is 9.84 Å². The Balaban J connectivity index is 1.77. The molecule has 0 radical (unpaired) electrons. The summed E-state index contributed by atoms with van der Waals surface area (Å²) in [5.41, 5.74) is 0.524. The van der Waals surface area contributed by atoms with Crippen molar-refractivity contribution < 1.29 is 19.4 Å². The predicted molar refractivity (Wildman–Crippen MR) is 79.9 cm³/mol. The van der Waals surface area contributed by atoms with Gasteiger partial charge in [0.1, 0.15) is 11.8 Å². The van der Waals surface area contributed by atoms with Crippen LogP contribution >= 0.6 is 0 Å². The van der Waals surface area contributed by atoms with Crippen molar-refractivity contribution in [1.82, 2.24) is 10.2 Å². The highest BCUT2D eigenvalue weighted by molar-refractivity contribution is 5.92. The van der Waals surface area contributed by atoms with Gasteiger partial charge in [-0.25, -0.2) is 0 Å². The third-order valence-electron chi connectivity index (χ3n) is 4.56. The first kappa shape index (κ1) is 14.8. The lowest BCUT2D eigenvalue weighted by atomic mass is 9.93. The van der Waals surface area contributed by atoms with Gasteiger partial charge >= 0.3 is 5.97 Å². The van der Waals surface area contributed by atoms with Gasteiger partial charge < -0.3 is 20.1 Å². The summed E-state index contributed by atoms with van der Waals surface area (Å²) in [6.45, 7) is 1.30. The van der Waals surface area contributed by atoms with Crippen LogP contribution in [0.2, 0.25) is 0 Å². The molecule has 1 aromatic carbocycles. The lowest BCUT2D eigenvalue weighted by Crippen LogP contribution is -2.57. The molecule has 2 N–H and O–H groups in total. The van der Waals surface area contributed by atoms with Crippen molar-refractivity contribution in [3.63, 3.8) is 0 Å². The van der Waals surface area contributed by atoms with E-state index in [9.17, 15) is 9.59 Å². The zero-order valence-corrected chi connectivity index (χ0v) is 12.5. The fourth-order valence-electron chi connectivity index (χ4n) is 3.06. The van der Waals surface area contributed by atoms with E-state index in [2.05, 4.69) is 5.32 Å². The molecule has 0 aromatic heterocycles. The molecular formula is C16H20N2O4. The highest BCUT2D eigenvalue weighted by Crippen LogP contribution is 2.50. The summed E-state index contributed by atoms with van der Waals surface area (Å²) in [7, 11) is 1.61. The number of hydrogen-bond acceptors (Lipinski definition) is 4. The van der Waals surface area contributed by atoms with Crippen molar-refractivity contribution in [2.75, 3.05) is 26.7 Å². The first-order valence-electron chi connectivity index (χ1n) is 7.47. The number of nitrogens with one attached hydrogen (secondary N) is 1. The van der Waals surface area contributed by atoms with E-state index in [1.807, 2.05) is 24.3 Å². The molecule has 2 fully saturated rings. The van der Waals surface area contributed by atoms with Crippen LogP contribution in [-0.4, -0.2) is 54.7 Å². The van der Waals surface area contributed by atoms with Crippen LogP contribution in [0.15, 0.2) is 24.3 Å². The second-order valence-electron chi connectivity index (χ2n) is 5.91. The zero-order chi connectivity index (χ0) is 15.7. The molecule has 3 rings (SSSR count). The van der Waals surface area contributed by atoms with Crippen molar-refractivity contribution in [3.8, 4) is 5.75 Å². The van der Waals surface area contributed by atoms with Gasteiger partial charge in [0.05, 0.1) is 12.5 Å². The van der Waals surface area contributed by atoms with Gasteiger partial charge in [-0.15, -0.1) is 0 Å². The Morgan fingerprint density at radius 2 is 2.00 bits per heavy atom. The van der Waals surface area contributed by atoms with Crippen molar-refractivity contribution in [2.45, 2.75) is 24.3 Å². The predicted octanol–water partition coefficient (Wildman–Crippen LogP) is 0.612. The van der Waals surface area contributed by atoms with E-state index >= 15 is 0 Å². The van der Waals surface area contributed by atoms with Gasteiger partial charge in [0.2, 0.25) is 5.91 Å². The summed E-state index contributed by atoms with van der Waals surface area (Å²) in [4.78, 5) is 25.7. The number of carboxylic acid groups (broad SMARTS) is 1. The number of aliphatic carboxylic acids is 1. The Hall–Kier alpha value is -2.08. The van der Waals surface area contributed by atoms with E-state index in [1.54, 1.807) is 12.0 Å².